The summed E-state index contributed by atoms with van der Waals surface area (Å²) in [5.41, 5.74) is 7.85. The van der Waals surface area contributed by atoms with E-state index in [1.165, 1.54) is 0 Å². The number of nitrogens with zero attached hydrogens (tertiary/aromatic N) is 2. The minimum atomic E-state index is -0.340. The number of halogens is 2. The van der Waals surface area contributed by atoms with Crippen molar-refractivity contribution in [3.05, 3.63) is 70.7 Å². The fourth-order valence-corrected chi connectivity index (χ4v) is 3.44. The molecule has 3 rings (SSSR count). The highest BCUT2D eigenvalue weighted by atomic mass is 35.5. The maximum absolute atomic E-state index is 12.8. The smallest absolute Gasteiger partial charge is 0.253 e. The Balaban J connectivity index is 0.00000280. The van der Waals surface area contributed by atoms with Crippen LogP contribution in [0.3, 0.4) is 0 Å². The highest BCUT2D eigenvalue weighted by Gasteiger charge is 2.30. The predicted octanol–water partition coefficient (Wildman–Crippen LogP) is 3.38. The van der Waals surface area contributed by atoms with Gasteiger partial charge >= 0.3 is 0 Å². The number of rotatable bonds is 4. The second-order valence-electron chi connectivity index (χ2n) is 6.85. The molecule has 1 saturated heterocycles. The molecule has 2 aromatic carbocycles. The van der Waals surface area contributed by atoms with Gasteiger partial charge in [0, 0.05) is 42.8 Å². The van der Waals surface area contributed by atoms with Crippen molar-refractivity contribution in [3.63, 3.8) is 0 Å². The molecule has 1 fully saturated rings. The maximum atomic E-state index is 12.8. The van der Waals surface area contributed by atoms with Gasteiger partial charge in [0.25, 0.3) is 5.91 Å². The van der Waals surface area contributed by atoms with Crippen molar-refractivity contribution in [2.75, 3.05) is 26.2 Å². The first-order valence-electron chi connectivity index (χ1n) is 9.11. The van der Waals surface area contributed by atoms with Gasteiger partial charge < -0.3 is 15.5 Å². The molecule has 2 atom stereocenters. The lowest BCUT2D eigenvalue weighted by molar-refractivity contribution is -0.137. The Kier molecular flexibility index (Phi) is 7.87. The van der Waals surface area contributed by atoms with Crippen molar-refractivity contribution in [2.24, 2.45) is 11.7 Å². The van der Waals surface area contributed by atoms with Crippen LogP contribution in [0.5, 0.6) is 0 Å². The second kappa shape index (κ2) is 9.92. The van der Waals surface area contributed by atoms with Gasteiger partial charge in [0.2, 0.25) is 5.91 Å². The Morgan fingerprint density at radius 1 is 0.929 bits per heavy atom. The maximum Gasteiger partial charge on any atom is 0.253 e. The van der Waals surface area contributed by atoms with Crippen molar-refractivity contribution in [2.45, 2.75) is 13.0 Å². The third-order valence-corrected chi connectivity index (χ3v) is 5.33. The Hall–Kier alpha value is -2.08. The number of hydrogen-bond donors (Lipinski definition) is 1. The summed E-state index contributed by atoms with van der Waals surface area (Å²) in [5.74, 6) is -0.316. The quantitative estimate of drug-likeness (QED) is 0.822. The summed E-state index contributed by atoms with van der Waals surface area (Å²) in [6.45, 7) is 3.93. The van der Waals surface area contributed by atoms with Crippen LogP contribution in [0.25, 0.3) is 0 Å². The Morgan fingerprint density at radius 3 is 2.04 bits per heavy atom. The van der Waals surface area contributed by atoms with Crippen LogP contribution in [0.1, 0.15) is 28.9 Å². The molecule has 2 N–H and O–H groups in total. The van der Waals surface area contributed by atoms with Crippen LogP contribution in [0, 0.1) is 5.92 Å². The molecular formula is C21H25Cl2N3O2. The molecular weight excluding hydrogens is 397 g/mol. The van der Waals surface area contributed by atoms with Crippen molar-refractivity contribution in [1.29, 1.82) is 0 Å². The van der Waals surface area contributed by atoms with Crippen molar-refractivity contribution in [1.82, 2.24) is 9.80 Å². The molecule has 0 radical (unpaired) electrons. The fourth-order valence-electron chi connectivity index (χ4n) is 3.31. The van der Waals surface area contributed by atoms with Crippen molar-refractivity contribution < 1.29 is 9.59 Å². The lowest BCUT2D eigenvalue weighted by atomic mass is 9.94. The minimum absolute atomic E-state index is 0. The Morgan fingerprint density at radius 2 is 1.46 bits per heavy atom. The van der Waals surface area contributed by atoms with Crippen molar-refractivity contribution >= 4 is 35.8 Å². The molecule has 0 aromatic heterocycles. The fraction of sp³-hybridized carbons (Fsp3) is 0.333. The molecule has 0 spiro atoms. The predicted molar refractivity (Wildman–Crippen MR) is 114 cm³/mol. The van der Waals surface area contributed by atoms with Crippen LogP contribution in [0.15, 0.2) is 54.6 Å². The van der Waals surface area contributed by atoms with Gasteiger partial charge in [-0.2, -0.15) is 0 Å². The molecule has 1 aliphatic rings. The molecule has 5 nitrogen and oxygen atoms in total. The largest absolute Gasteiger partial charge is 0.339 e. The third kappa shape index (κ3) is 5.04. The Bertz CT molecular complexity index is 791. The topological polar surface area (TPSA) is 66.6 Å². The van der Waals surface area contributed by atoms with Gasteiger partial charge in [-0.15, -0.1) is 12.4 Å². The zero-order valence-corrected chi connectivity index (χ0v) is 17.3. The number of hydrogen-bond acceptors (Lipinski definition) is 3. The normalized spacial score (nSPS) is 16.1. The van der Waals surface area contributed by atoms with Crippen LogP contribution in [-0.2, 0) is 4.79 Å². The first kappa shape index (κ1) is 22.2. The van der Waals surface area contributed by atoms with Crippen LogP contribution < -0.4 is 5.73 Å². The average molecular weight is 422 g/mol. The van der Waals surface area contributed by atoms with E-state index in [4.69, 9.17) is 17.3 Å². The number of carbonyl (C=O) groups excluding carboxylic acids is 2. The van der Waals surface area contributed by atoms with E-state index < -0.39 is 0 Å². The van der Waals surface area contributed by atoms with E-state index in [1.54, 1.807) is 34.1 Å². The average Bonchev–Trinajstić information content (AvgIpc) is 2.73. The summed E-state index contributed by atoms with van der Waals surface area (Å²) in [6, 6.07) is 16.2. The highest BCUT2D eigenvalue weighted by Crippen LogP contribution is 2.22. The second-order valence-corrected chi connectivity index (χ2v) is 7.29. The van der Waals surface area contributed by atoms with E-state index >= 15 is 0 Å². The first-order valence-corrected chi connectivity index (χ1v) is 9.49. The minimum Gasteiger partial charge on any atom is -0.339 e. The van der Waals surface area contributed by atoms with Crippen molar-refractivity contribution in [3.8, 4) is 0 Å². The SMILES string of the molecule is CC(C(=O)N1CCN(C(=O)c2ccc(Cl)cc2)CC1)C(N)c1ccccc1.Cl. The van der Waals surface area contributed by atoms with E-state index in [0.717, 1.165) is 5.56 Å². The summed E-state index contributed by atoms with van der Waals surface area (Å²) >= 11 is 5.88. The van der Waals surface area contributed by atoms with E-state index in [2.05, 4.69) is 0 Å². The number of carbonyl (C=O) groups is 2. The standard InChI is InChI=1S/C21H24ClN3O2.ClH/c1-15(19(23)16-5-3-2-4-6-16)20(26)24-11-13-25(14-12-24)21(27)17-7-9-18(22)10-8-17;/h2-10,15,19H,11-14,23H2,1H3;1H. The summed E-state index contributed by atoms with van der Waals surface area (Å²) in [4.78, 5) is 29.0. The van der Waals surface area contributed by atoms with Gasteiger partial charge in [0.1, 0.15) is 0 Å². The van der Waals surface area contributed by atoms with E-state index in [9.17, 15) is 9.59 Å². The molecule has 1 heterocycles. The zero-order chi connectivity index (χ0) is 19.4. The van der Waals surface area contributed by atoms with Gasteiger partial charge in [0.15, 0.2) is 0 Å². The number of nitrogens with two attached hydrogens (primary N) is 1. The van der Waals surface area contributed by atoms with E-state index in [0.29, 0.717) is 36.8 Å². The summed E-state index contributed by atoms with van der Waals surface area (Å²) < 4.78 is 0. The molecule has 2 unspecified atom stereocenters. The molecule has 2 aromatic rings. The van der Waals surface area contributed by atoms with E-state index in [1.807, 2.05) is 37.3 Å². The van der Waals surface area contributed by atoms with Gasteiger partial charge in [-0.1, -0.05) is 48.9 Å². The molecule has 0 aliphatic carbocycles. The zero-order valence-electron chi connectivity index (χ0n) is 15.8. The first-order chi connectivity index (χ1) is 13.0. The van der Waals surface area contributed by atoms with Crippen LogP contribution in [0.4, 0.5) is 0 Å². The molecule has 2 amide bonds. The molecule has 7 heteroatoms. The van der Waals surface area contributed by atoms with Crippen LogP contribution in [-0.4, -0.2) is 47.8 Å². The molecule has 0 saturated carbocycles. The van der Waals surface area contributed by atoms with Gasteiger partial charge in [-0.25, -0.2) is 0 Å². The lowest BCUT2D eigenvalue weighted by Crippen LogP contribution is -2.52. The molecule has 1 aliphatic heterocycles. The molecule has 150 valence electrons. The van der Waals surface area contributed by atoms with Crippen LogP contribution in [0.2, 0.25) is 5.02 Å². The molecule has 28 heavy (non-hydrogen) atoms. The number of piperazine rings is 1. The summed E-state index contributed by atoms with van der Waals surface area (Å²) in [5, 5.41) is 0.603. The highest BCUT2D eigenvalue weighted by molar-refractivity contribution is 6.30. The van der Waals surface area contributed by atoms with Gasteiger partial charge in [0.05, 0.1) is 5.92 Å². The summed E-state index contributed by atoms with van der Waals surface area (Å²) in [6.07, 6.45) is 0. The van der Waals surface area contributed by atoms with E-state index in [-0.39, 0.29) is 36.2 Å². The monoisotopic (exact) mass is 421 g/mol. The lowest BCUT2D eigenvalue weighted by Gasteiger charge is -2.37. The van der Waals surface area contributed by atoms with Crippen LogP contribution >= 0.6 is 24.0 Å². The van der Waals surface area contributed by atoms with Gasteiger partial charge in [-0.05, 0) is 29.8 Å². The number of amides is 2. The molecule has 0 bridgehead atoms. The van der Waals surface area contributed by atoms with Gasteiger partial charge in [-0.3, -0.25) is 9.59 Å². The summed E-state index contributed by atoms with van der Waals surface area (Å²) in [7, 11) is 0. The number of benzene rings is 2. The third-order valence-electron chi connectivity index (χ3n) is 5.08. The Labute approximate surface area is 176 Å².